The lowest BCUT2D eigenvalue weighted by Crippen LogP contribution is -2.45. The van der Waals surface area contributed by atoms with E-state index in [0.717, 1.165) is 19.6 Å². The lowest BCUT2D eigenvalue weighted by Gasteiger charge is -2.27. The summed E-state index contributed by atoms with van der Waals surface area (Å²) in [4.78, 5) is 2.55. The molecule has 1 fully saturated rings. The number of nitrogens with zero attached hydrogens (tertiary/aromatic N) is 1. The van der Waals surface area contributed by atoms with Gasteiger partial charge in [-0.25, -0.2) is 0 Å². The van der Waals surface area contributed by atoms with Crippen molar-refractivity contribution in [1.82, 2.24) is 15.5 Å². The number of nitrogens with one attached hydrogen (secondary N) is 2. The molecule has 3 nitrogen and oxygen atoms in total. The normalized spacial score (nSPS) is 17.5. The average molecular weight is 241 g/mol. The van der Waals surface area contributed by atoms with Gasteiger partial charge in [0.25, 0.3) is 0 Å². The van der Waals surface area contributed by atoms with Gasteiger partial charge < -0.3 is 10.6 Å². The third-order valence-electron chi connectivity index (χ3n) is 3.52. The van der Waals surface area contributed by atoms with Crippen LogP contribution in [-0.4, -0.2) is 50.7 Å². The van der Waals surface area contributed by atoms with Crippen LogP contribution in [0.15, 0.2) is 0 Å². The summed E-state index contributed by atoms with van der Waals surface area (Å²) >= 11 is 0. The van der Waals surface area contributed by atoms with E-state index < -0.39 is 0 Å². The summed E-state index contributed by atoms with van der Waals surface area (Å²) in [5.41, 5.74) is 0. The van der Waals surface area contributed by atoms with E-state index in [1.807, 2.05) is 0 Å². The number of unbranched alkanes of at least 4 members (excludes halogenated alkanes) is 5. The minimum atomic E-state index is 1.16. The Hall–Kier alpha value is -0.120. The van der Waals surface area contributed by atoms with Crippen molar-refractivity contribution in [3.05, 3.63) is 0 Å². The molecule has 0 radical (unpaired) electrons. The molecule has 0 amide bonds. The first-order valence-corrected chi connectivity index (χ1v) is 7.57. The molecule has 1 aliphatic heterocycles. The van der Waals surface area contributed by atoms with Crippen molar-refractivity contribution in [1.29, 1.82) is 0 Å². The molecule has 1 saturated heterocycles. The lowest BCUT2D eigenvalue weighted by molar-refractivity contribution is 0.241. The van der Waals surface area contributed by atoms with E-state index in [1.54, 1.807) is 0 Å². The van der Waals surface area contributed by atoms with Crippen LogP contribution in [0.4, 0.5) is 0 Å². The van der Waals surface area contributed by atoms with Crippen LogP contribution in [0.1, 0.15) is 45.4 Å². The third-order valence-corrected chi connectivity index (χ3v) is 3.52. The molecule has 1 rings (SSSR count). The Labute approximate surface area is 107 Å². The molecule has 3 heteroatoms. The fourth-order valence-corrected chi connectivity index (χ4v) is 2.33. The molecule has 0 saturated carbocycles. The van der Waals surface area contributed by atoms with Crippen molar-refractivity contribution in [2.24, 2.45) is 0 Å². The first-order valence-electron chi connectivity index (χ1n) is 7.57. The first kappa shape index (κ1) is 14.9. The van der Waals surface area contributed by atoms with Crippen molar-refractivity contribution in [2.75, 3.05) is 45.8 Å². The molecule has 1 heterocycles. The monoisotopic (exact) mass is 241 g/mol. The highest BCUT2D eigenvalue weighted by atomic mass is 15.2. The molecular weight excluding hydrogens is 210 g/mol. The van der Waals surface area contributed by atoms with Gasteiger partial charge in [-0.05, 0) is 13.0 Å². The molecule has 102 valence electrons. The fraction of sp³-hybridized carbons (Fsp3) is 1.00. The summed E-state index contributed by atoms with van der Waals surface area (Å²) in [5, 5.41) is 6.95. The summed E-state index contributed by atoms with van der Waals surface area (Å²) in [6.45, 7) is 10.6. The summed E-state index contributed by atoms with van der Waals surface area (Å²) in [5.74, 6) is 0. The Bertz CT molecular complexity index is 156. The van der Waals surface area contributed by atoms with Crippen LogP contribution in [0.3, 0.4) is 0 Å². The molecule has 0 spiro atoms. The number of hydrogen-bond donors (Lipinski definition) is 2. The van der Waals surface area contributed by atoms with Gasteiger partial charge in [0.2, 0.25) is 0 Å². The number of hydrogen-bond acceptors (Lipinski definition) is 3. The van der Waals surface area contributed by atoms with Gasteiger partial charge in [-0.1, -0.05) is 39.0 Å². The molecule has 0 aromatic rings. The summed E-state index contributed by atoms with van der Waals surface area (Å²) in [6, 6.07) is 0. The quantitative estimate of drug-likeness (QED) is 0.572. The third kappa shape index (κ3) is 8.58. The highest BCUT2D eigenvalue weighted by molar-refractivity contribution is 4.68. The fourth-order valence-electron chi connectivity index (χ4n) is 2.33. The van der Waals surface area contributed by atoms with Gasteiger partial charge in [0.1, 0.15) is 0 Å². The smallest absolute Gasteiger partial charge is 0.0108 e. The van der Waals surface area contributed by atoms with E-state index in [-0.39, 0.29) is 0 Å². The van der Waals surface area contributed by atoms with Gasteiger partial charge in [0.15, 0.2) is 0 Å². The van der Waals surface area contributed by atoms with E-state index in [0.29, 0.717) is 0 Å². The van der Waals surface area contributed by atoms with Crippen molar-refractivity contribution in [3.63, 3.8) is 0 Å². The molecule has 0 aromatic heterocycles. The summed E-state index contributed by atoms with van der Waals surface area (Å²) in [6.07, 6.45) is 8.37. The molecule has 0 unspecified atom stereocenters. The predicted molar refractivity (Wildman–Crippen MR) is 75.6 cm³/mol. The summed E-state index contributed by atoms with van der Waals surface area (Å²) < 4.78 is 0. The van der Waals surface area contributed by atoms with Gasteiger partial charge in [-0.15, -0.1) is 0 Å². The van der Waals surface area contributed by atoms with Crippen molar-refractivity contribution >= 4 is 0 Å². The zero-order valence-electron chi connectivity index (χ0n) is 11.6. The second kappa shape index (κ2) is 11.0. The van der Waals surface area contributed by atoms with Crippen LogP contribution in [0.2, 0.25) is 0 Å². The zero-order valence-corrected chi connectivity index (χ0v) is 11.6. The minimum absolute atomic E-state index is 1.16. The number of piperazine rings is 1. The highest BCUT2D eigenvalue weighted by Gasteiger charge is 2.07. The SMILES string of the molecule is CCCCCCCCNCCN1CCNCC1. The second-order valence-electron chi connectivity index (χ2n) is 5.11. The number of rotatable bonds is 10. The Morgan fingerprint density at radius 3 is 2.41 bits per heavy atom. The van der Waals surface area contributed by atoms with Crippen LogP contribution in [0.5, 0.6) is 0 Å². The van der Waals surface area contributed by atoms with Gasteiger partial charge in [-0.2, -0.15) is 0 Å². The molecular formula is C14H31N3. The molecule has 0 aliphatic carbocycles. The molecule has 0 aromatic carbocycles. The van der Waals surface area contributed by atoms with E-state index in [2.05, 4.69) is 22.5 Å². The van der Waals surface area contributed by atoms with Gasteiger partial charge >= 0.3 is 0 Å². The second-order valence-corrected chi connectivity index (χ2v) is 5.11. The van der Waals surface area contributed by atoms with Crippen LogP contribution in [-0.2, 0) is 0 Å². The molecule has 0 bridgehead atoms. The topological polar surface area (TPSA) is 27.3 Å². The zero-order chi connectivity index (χ0) is 12.2. The van der Waals surface area contributed by atoms with Crippen LogP contribution >= 0.6 is 0 Å². The maximum Gasteiger partial charge on any atom is 0.0108 e. The Balaban J connectivity index is 1.75. The van der Waals surface area contributed by atoms with Crippen molar-refractivity contribution < 1.29 is 0 Å². The molecule has 17 heavy (non-hydrogen) atoms. The Morgan fingerprint density at radius 1 is 0.941 bits per heavy atom. The Morgan fingerprint density at radius 2 is 1.65 bits per heavy atom. The van der Waals surface area contributed by atoms with Crippen LogP contribution < -0.4 is 10.6 Å². The predicted octanol–water partition coefficient (Wildman–Crippen LogP) is 1.84. The maximum absolute atomic E-state index is 3.56. The van der Waals surface area contributed by atoms with Crippen LogP contribution in [0, 0.1) is 0 Å². The van der Waals surface area contributed by atoms with Crippen molar-refractivity contribution in [2.45, 2.75) is 45.4 Å². The molecule has 1 aliphatic rings. The van der Waals surface area contributed by atoms with E-state index >= 15 is 0 Å². The van der Waals surface area contributed by atoms with Gasteiger partial charge in [0.05, 0.1) is 0 Å². The van der Waals surface area contributed by atoms with Crippen molar-refractivity contribution in [3.8, 4) is 0 Å². The Kier molecular flexibility index (Phi) is 9.66. The highest BCUT2D eigenvalue weighted by Crippen LogP contribution is 2.03. The summed E-state index contributed by atoms with van der Waals surface area (Å²) in [7, 11) is 0. The average Bonchev–Trinajstić information content (AvgIpc) is 2.38. The van der Waals surface area contributed by atoms with E-state index in [4.69, 9.17) is 0 Å². The minimum Gasteiger partial charge on any atom is -0.315 e. The van der Waals surface area contributed by atoms with Gasteiger partial charge in [0, 0.05) is 39.3 Å². The molecule has 2 N–H and O–H groups in total. The lowest BCUT2D eigenvalue weighted by atomic mass is 10.1. The first-order chi connectivity index (χ1) is 8.43. The van der Waals surface area contributed by atoms with E-state index in [1.165, 1.54) is 64.7 Å². The van der Waals surface area contributed by atoms with Gasteiger partial charge in [-0.3, -0.25) is 4.90 Å². The largest absolute Gasteiger partial charge is 0.315 e. The van der Waals surface area contributed by atoms with E-state index in [9.17, 15) is 0 Å². The maximum atomic E-state index is 3.56. The van der Waals surface area contributed by atoms with Crippen LogP contribution in [0.25, 0.3) is 0 Å². The standard InChI is InChI=1S/C14H31N3/c1-2-3-4-5-6-7-8-15-9-12-17-13-10-16-11-14-17/h15-16H,2-14H2,1H3. The molecule has 0 atom stereocenters.